The quantitative estimate of drug-likeness (QED) is 0.557. The third-order valence-electron chi connectivity index (χ3n) is 3.80. The Labute approximate surface area is 174 Å². The normalized spacial score (nSPS) is 10.4. The Morgan fingerprint density at radius 1 is 1.10 bits per heavy atom. The molecule has 29 heavy (non-hydrogen) atoms. The fourth-order valence-electron chi connectivity index (χ4n) is 2.16. The summed E-state index contributed by atoms with van der Waals surface area (Å²) < 4.78 is 5.23. The molecule has 0 fully saturated rings. The van der Waals surface area contributed by atoms with Crippen molar-refractivity contribution in [2.24, 2.45) is 10.2 Å². The minimum absolute atomic E-state index is 0. The van der Waals surface area contributed by atoms with E-state index in [1.807, 2.05) is 7.05 Å². The van der Waals surface area contributed by atoms with Gasteiger partial charge in [0, 0.05) is 20.1 Å². The number of amides is 1. The Hall–Kier alpha value is -3.17. The lowest BCUT2D eigenvalue weighted by atomic mass is 10.2. The molecule has 3 N–H and O–H groups in total. The lowest BCUT2D eigenvalue weighted by Gasteiger charge is -2.16. The first kappa shape index (κ1) is 23.9. The van der Waals surface area contributed by atoms with Crippen LogP contribution < -0.4 is 5.32 Å². The first-order valence-corrected chi connectivity index (χ1v) is 8.50. The molecule has 0 atom stereocenters. The van der Waals surface area contributed by atoms with Crippen molar-refractivity contribution in [1.82, 2.24) is 10.2 Å². The molecule has 0 aliphatic carbocycles. The van der Waals surface area contributed by atoms with Crippen molar-refractivity contribution in [3.05, 3.63) is 53.6 Å². The second-order valence-corrected chi connectivity index (χ2v) is 5.95. The molecule has 1 amide bonds. The van der Waals surface area contributed by atoms with Crippen LogP contribution in [-0.2, 0) is 11.3 Å². The number of nitrogens with zero attached hydrogens (tertiary/aromatic N) is 3. The van der Waals surface area contributed by atoms with Gasteiger partial charge in [-0.15, -0.1) is 12.4 Å². The van der Waals surface area contributed by atoms with Gasteiger partial charge in [0.25, 0.3) is 0 Å². The van der Waals surface area contributed by atoms with Crippen LogP contribution >= 0.6 is 12.4 Å². The van der Waals surface area contributed by atoms with Crippen LogP contribution in [0.4, 0.5) is 16.2 Å². The molecule has 0 spiro atoms. The van der Waals surface area contributed by atoms with E-state index in [1.54, 1.807) is 31.3 Å². The molecule has 0 saturated carbocycles. The number of carbonyl (C=O) groups excluding carboxylic acids is 1. The molecule has 10 heteroatoms. The van der Waals surface area contributed by atoms with Gasteiger partial charge in [-0.1, -0.05) is 12.1 Å². The summed E-state index contributed by atoms with van der Waals surface area (Å²) in [6, 6.07) is 10.9. The summed E-state index contributed by atoms with van der Waals surface area (Å²) >= 11 is 0. The number of ether oxygens (including phenoxy) is 1. The summed E-state index contributed by atoms with van der Waals surface area (Å²) in [5.41, 5.74) is 1.41. The Morgan fingerprint density at radius 3 is 2.34 bits per heavy atom. The molecule has 0 bridgehead atoms. The van der Waals surface area contributed by atoms with Gasteiger partial charge in [0.05, 0.1) is 11.4 Å². The van der Waals surface area contributed by atoms with Crippen molar-refractivity contribution >= 4 is 35.8 Å². The largest absolute Gasteiger partial charge is 0.507 e. The van der Waals surface area contributed by atoms with E-state index in [-0.39, 0.29) is 30.3 Å². The zero-order valence-electron chi connectivity index (χ0n) is 16.0. The van der Waals surface area contributed by atoms with Gasteiger partial charge in [-0.3, -0.25) is 0 Å². The van der Waals surface area contributed by atoms with E-state index in [9.17, 15) is 14.7 Å². The van der Waals surface area contributed by atoms with E-state index in [1.165, 1.54) is 23.1 Å². The standard InChI is InChI=1S/C19H22N4O5.ClH/c1-20-9-10-23(2)19(27)28-12-13-3-5-14(6-4-13)21-22-15-7-8-17(24)16(11-15)18(25)26;/h3-8,11,20,24H,9-10,12H2,1-2H3,(H,25,26);1H. The highest BCUT2D eigenvalue weighted by Crippen LogP contribution is 2.25. The number of benzene rings is 2. The molecule has 0 unspecified atom stereocenters. The lowest BCUT2D eigenvalue weighted by Crippen LogP contribution is -2.33. The van der Waals surface area contributed by atoms with E-state index in [4.69, 9.17) is 9.84 Å². The van der Waals surface area contributed by atoms with Gasteiger partial charge in [0.2, 0.25) is 0 Å². The Bertz CT molecular complexity index is 858. The predicted octanol–water partition coefficient (Wildman–Crippen LogP) is 3.72. The first-order chi connectivity index (χ1) is 13.4. The summed E-state index contributed by atoms with van der Waals surface area (Å²) in [5, 5.41) is 29.4. The number of carboxylic acids is 1. The second kappa shape index (κ2) is 11.6. The van der Waals surface area contributed by atoms with Crippen LogP contribution in [-0.4, -0.2) is 54.4 Å². The molecule has 156 valence electrons. The number of carboxylic acid groups (broad SMARTS) is 1. The van der Waals surface area contributed by atoms with Gasteiger partial charge in [0.1, 0.15) is 17.9 Å². The molecule has 9 nitrogen and oxygen atoms in total. The predicted molar refractivity (Wildman–Crippen MR) is 110 cm³/mol. The zero-order chi connectivity index (χ0) is 20.5. The molecule has 0 aromatic heterocycles. The van der Waals surface area contributed by atoms with Crippen LogP contribution in [0.1, 0.15) is 15.9 Å². The maximum absolute atomic E-state index is 11.8. The third kappa shape index (κ3) is 7.40. The molecular weight excluding hydrogens is 400 g/mol. The van der Waals surface area contributed by atoms with E-state index >= 15 is 0 Å². The average molecular weight is 423 g/mol. The van der Waals surface area contributed by atoms with Crippen molar-refractivity contribution in [2.75, 3.05) is 27.2 Å². The van der Waals surface area contributed by atoms with E-state index in [0.29, 0.717) is 24.5 Å². The van der Waals surface area contributed by atoms with Crippen LogP contribution in [0.5, 0.6) is 5.75 Å². The Kier molecular flexibility index (Phi) is 9.57. The summed E-state index contributed by atoms with van der Waals surface area (Å²) in [4.78, 5) is 24.3. The zero-order valence-corrected chi connectivity index (χ0v) is 16.8. The van der Waals surface area contributed by atoms with Gasteiger partial charge >= 0.3 is 12.1 Å². The second-order valence-electron chi connectivity index (χ2n) is 5.95. The highest BCUT2D eigenvalue weighted by Gasteiger charge is 2.10. The van der Waals surface area contributed by atoms with E-state index in [0.717, 1.165) is 5.56 Å². The van der Waals surface area contributed by atoms with E-state index in [2.05, 4.69) is 15.5 Å². The van der Waals surface area contributed by atoms with Crippen LogP contribution in [0, 0.1) is 0 Å². The number of hydrogen-bond donors (Lipinski definition) is 3. The minimum atomic E-state index is -1.25. The van der Waals surface area contributed by atoms with Gasteiger partial charge in [-0.05, 0) is 42.9 Å². The molecule has 0 saturated heterocycles. The number of aromatic carboxylic acids is 1. The Balaban J connectivity index is 0.00000420. The van der Waals surface area contributed by atoms with Gasteiger partial charge < -0.3 is 25.2 Å². The number of halogens is 1. The molecule has 2 aromatic carbocycles. The average Bonchev–Trinajstić information content (AvgIpc) is 2.70. The van der Waals surface area contributed by atoms with Gasteiger partial charge in [-0.25, -0.2) is 9.59 Å². The summed E-state index contributed by atoms with van der Waals surface area (Å²) in [6.45, 7) is 1.37. The number of hydrogen-bond acceptors (Lipinski definition) is 7. The summed E-state index contributed by atoms with van der Waals surface area (Å²) in [6.07, 6.45) is -0.402. The number of nitrogens with one attached hydrogen (secondary N) is 1. The fraction of sp³-hybridized carbons (Fsp3) is 0.263. The van der Waals surface area contributed by atoms with Crippen molar-refractivity contribution in [3.63, 3.8) is 0 Å². The monoisotopic (exact) mass is 422 g/mol. The molecular formula is C19H23ClN4O5. The molecule has 0 aliphatic rings. The fourth-order valence-corrected chi connectivity index (χ4v) is 2.16. The van der Waals surface area contributed by atoms with Crippen LogP contribution in [0.25, 0.3) is 0 Å². The number of phenols is 1. The van der Waals surface area contributed by atoms with Crippen molar-refractivity contribution in [1.29, 1.82) is 0 Å². The van der Waals surface area contributed by atoms with Gasteiger partial charge in [-0.2, -0.15) is 10.2 Å². The highest BCUT2D eigenvalue weighted by atomic mass is 35.5. The smallest absolute Gasteiger partial charge is 0.409 e. The van der Waals surface area contributed by atoms with Crippen molar-refractivity contribution < 1.29 is 24.5 Å². The number of rotatable bonds is 8. The van der Waals surface area contributed by atoms with Crippen LogP contribution in [0.15, 0.2) is 52.7 Å². The minimum Gasteiger partial charge on any atom is -0.507 e. The molecule has 0 aliphatic heterocycles. The first-order valence-electron chi connectivity index (χ1n) is 8.50. The molecule has 0 radical (unpaired) electrons. The number of likely N-dealkylation sites (N-methyl/N-ethyl adjacent to an activating group) is 2. The van der Waals surface area contributed by atoms with Crippen LogP contribution in [0.2, 0.25) is 0 Å². The molecule has 2 aromatic rings. The topological polar surface area (TPSA) is 124 Å². The highest BCUT2D eigenvalue weighted by molar-refractivity contribution is 5.91. The Morgan fingerprint density at radius 2 is 1.72 bits per heavy atom. The summed E-state index contributed by atoms with van der Waals surface area (Å²) in [5.74, 6) is -1.58. The third-order valence-corrected chi connectivity index (χ3v) is 3.80. The lowest BCUT2D eigenvalue weighted by molar-refractivity contribution is 0.0693. The number of azo groups is 1. The maximum atomic E-state index is 11.8. The molecule has 2 rings (SSSR count). The van der Waals surface area contributed by atoms with Crippen molar-refractivity contribution in [2.45, 2.75) is 6.61 Å². The number of aromatic hydroxyl groups is 1. The van der Waals surface area contributed by atoms with Crippen LogP contribution in [0.3, 0.4) is 0 Å². The number of carbonyl (C=O) groups is 2. The van der Waals surface area contributed by atoms with Gasteiger partial charge in [0.15, 0.2) is 0 Å². The molecule has 0 heterocycles. The maximum Gasteiger partial charge on any atom is 0.409 e. The SMILES string of the molecule is CNCCN(C)C(=O)OCc1ccc(N=Nc2ccc(O)c(C(=O)O)c2)cc1.Cl. The summed E-state index contributed by atoms with van der Waals surface area (Å²) in [7, 11) is 3.48. The van der Waals surface area contributed by atoms with E-state index < -0.39 is 12.1 Å². The van der Waals surface area contributed by atoms with Crippen molar-refractivity contribution in [3.8, 4) is 5.75 Å².